The van der Waals surface area contributed by atoms with Gasteiger partial charge in [-0.3, -0.25) is 0 Å². The molecule has 6 heteroatoms. The number of nitrogens with one attached hydrogen (secondary N) is 2. The molecule has 0 radical (unpaired) electrons. The molecule has 0 unspecified atom stereocenters. The van der Waals surface area contributed by atoms with Gasteiger partial charge in [0.25, 0.3) is 0 Å². The number of amides is 2. The zero-order valence-corrected chi connectivity index (χ0v) is 11.9. The van der Waals surface area contributed by atoms with E-state index in [0.29, 0.717) is 12.3 Å². The summed E-state index contributed by atoms with van der Waals surface area (Å²) in [6.45, 7) is 0.419. The van der Waals surface area contributed by atoms with Gasteiger partial charge in [-0.05, 0) is 24.3 Å². The number of thioether (sulfide) groups is 1. The predicted octanol–water partition coefficient (Wildman–Crippen LogP) is 3.88. The van der Waals surface area contributed by atoms with E-state index >= 15 is 0 Å². The lowest BCUT2D eigenvalue weighted by atomic mass is 10.3. The zero-order valence-electron chi connectivity index (χ0n) is 11.1. The Balaban J connectivity index is 1.74. The molecule has 0 heterocycles. The second-order valence-corrected chi connectivity index (χ2v) is 5.33. The monoisotopic (exact) mass is 308 g/mol. The molecule has 2 amide bonds. The summed E-state index contributed by atoms with van der Waals surface area (Å²) < 4.78 is 26.3. The second kappa shape index (κ2) is 7.64. The van der Waals surface area contributed by atoms with E-state index < -0.39 is 17.7 Å². The van der Waals surface area contributed by atoms with Crippen molar-refractivity contribution < 1.29 is 13.6 Å². The quantitative estimate of drug-likeness (QED) is 0.650. The van der Waals surface area contributed by atoms with Crippen LogP contribution in [0.2, 0.25) is 0 Å². The SMILES string of the molecule is O=C(NCCSc1ccccc1)Nc1cc(F)ccc1F. The highest BCUT2D eigenvalue weighted by molar-refractivity contribution is 7.99. The van der Waals surface area contributed by atoms with E-state index in [1.807, 2.05) is 30.3 Å². The molecule has 0 bridgehead atoms. The minimum atomic E-state index is -0.676. The Labute approximate surface area is 125 Å². The highest BCUT2D eigenvalue weighted by atomic mass is 32.2. The first kappa shape index (κ1) is 15.3. The Hall–Kier alpha value is -2.08. The summed E-state index contributed by atoms with van der Waals surface area (Å²) in [6.07, 6.45) is 0. The van der Waals surface area contributed by atoms with E-state index in [-0.39, 0.29) is 5.69 Å². The molecule has 2 aromatic rings. The maximum Gasteiger partial charge on any atom is 0.319 e. The first-order valence-electron chi connectivity index (χ1n) is 6.33. The largest absolute Gasteiger partial charge is 0.337 e. The summed E-state index contributed by atoms with van der Waals surface area (Å²) in [7, 11) is 0. The van der Waals surface area contributed by atoms with E-state index in [0.717, 1.165) is 23.1 Å². The lowest BCUT2D eigenvalue weighted by Crippen LogP contribution is -2.30. The molecule has 2 N–H and O–H groups in total. The van der Waals surface area contributed by atoms with Gasteiger partial charge in [0.1, 0.15) is 11.6 Å². The van der Waals surface area contributed by atoms with E-state index in [1.165, 1.54) is 0 Å². The van der Waals surface area contributed by atoms with Crippen molar-refractivity contribution in [3.63, 3.8) is 0 Å². The average molecular weight is 308 g/mol. The fourth-order valence-corrected chi connectivity index (χ4v) is 2.40. The maximum atomic E-state index is 13.3. The third-order valence-corrected chi connectivity index (χ3v) is 3.59. The van der Waals surface area contributed by atoms with Crippen LogP contribution in [-0.2, 0) is 0 Å². The first-order chi connectivity index (χ1) is 10.1. The summed E-state index contributed by atoms with van der Waals surface area (Å²) >= 11 is 1.60. The number of benzene rings is 2. The van der Waals surface area contributed by atoms with Crippen molar-refractivity contribution in [1.29, 1.82) is 0 Å². The summed E-state index contributed by atoms with van der Waals surface area (Å²) in [4.78, 5) is 12.7. The third-order valence-electron chi connectivity index (χ3n) is 2.58. The lowest BCUT2D eigenvalue weighted by molar-refractivity contribution is 0.252. The summed E-state index contributed by atoms with van der Waals surface area (Å²) in [5, 5.41) is 4.86. The molecule has 0 aromatic heterocycles. The number of carbonyl (C=O) groups excluding carboxylic acids is 1. The number of carbonyl (C=O) groups is 1. The minimum absolute atomic E-state index is 0.178. The number of hydrogen-bond donors (Lipinski definition) is 2. The van der Waals surface area contributed by atoms with Gasteiger partial charge in [0.2, 0.25) is 0 Å². The molecule has 0 atom stereocenters. The molecule has 0 fully saturated rings. The smallest absolute Gasteiger partial charge is 0.319 e. The van der Waals surface area contributed by atoms with E-state index in [1.54, 1.807) is 11.8 Å². The van der Waals surface area contributed by atoms with Gasteiger partial charge in [0.05, 0.1) is 5.69 Å². The molecule has 21 heavy (non-hydrogen) atoms. The molecule has 0 spiro atoms. The molecule has 110 valence electrons. The van der Waals surface area contributed by atoms with Crippen LogP contribution < -0.4 is 10.6 Å². The van der Waals surface area contributed by atoms with Gasteiger partial charge >= 0.3 is 6.03 Å². The summed E-state index contributed by atoms with van der Waals surface area (Å²) in [5.74, 6) is -0.597. The van der Waals surface area contributed by atoms with Crippen molar-refractivity contribution >= 4 is 23.5 Å². The van der Waals surface area contributed by atoms with Crippen LogP contribution in [0, 0.1) is 11.6 Å². The van der Waals surface area contributed by atoms with Crippen LogP contribution in [0.4, 0.5) is 19.3 Å². The Bertz CT molecular complexity index is 608. The maximum absolute atomic E-state index is 13.3. The van der Waals surface area contributed by atoms with Crippen LogP contribution in [0.3, 0.4) is 0 Å². The summed E-state index contributed by atoms with van der Waals surface area (Å²) in [5.41, 5.74) is -0.178. The van der Waals surface area contributed by atoms with Crippen LogP contribution >= 0.6 is 11.8 Å². The van der Waals surface area contributed by atoms with Gasteiger partial charge in [0, 0.05) is 23.3 Å². The Morgan fingerprint density at radius 1 is 1.10 bits per heavy atom. The topological polar surface area (TPSA) is 41.1 Å². The second-order valence-electron chi connectivity index (χ2n) is 4.17. The van der Waals surface area contributed by atoms with E-state index in [4.69, 9.17) is 0 Å². The standard InChI is InChI=1S/C15H14F2N2OS/c16-11-6-7-13(17)14(10-11)19-15(20)18-8-9-21-12-4-2-1-3-5-12/h1-7,10H,8-9H2,(H2,18,19,20). The molecule has 2 rings (SSSR count). The van der Waals surface area contributed by atoms with E-state index in [2.05, 4.69) is 10.6 Å². The van der Waals surface area contributed by atoms with E-state index in [9.17, 15) is 13.6 Å². The van der Waals surface area contributed by atoms with Gasteiger partial charge in [0.15, 0.2) is 0 Å². The fourth-order valence-electron chi connectivity index (χ4n) is 1.61. The molecule has 0 saturated carbocycles. The van der Waals surface area contributed by atoms with Gasteiger partial charge < -0.3 is 10.6 Å². The van der Waals surface area contributed by atoms with Gasteiger partial charge in [-0.25, -0.2) is 13.6 Å². The number of hydrogen-bond acceptors (Lipinski definition) is 2. The number of anilines is 1. The molecule has 0 aliphatic heterocycles. The third kappa shape index (κ3) is 5.07. The van der Waals surface area contributed by atoms with Crippen LogP contribution in [-0.4, -0.2) is 18.3 Å². The van der Waals surface area contributed by atoms with Crippen molar-refractivity contribution in [3.8, 4) is 0 Å². The average Bonchev–Trinajstić information content (AvgIpc) is 2.48. The Morgan fingerprint density at radius 3 is 2.62 bits per heavy atom. The molecular formula is C15H14F2N2OS. The van der Waals surface area contributed by atoms with Crippen molar-refractivity contribution in [3.05, 3.63) is 60.2 Å². The van der Waals surface area contributed by atoms with Crippen molar-refractivity contribution in [2.45, 2.75) is 4.90 Å². The van der Waals surface area contributed by atoms with Crippen LogP contribution in [0.5, 0.6) is 0 Å². The van der Waals surface area contributed by atoms with Gasteiger partial charge in [-0.15, -0.1) is 11.8 Å². The number of halogens is 2. The lowest BCUT2D eigenvalue weighted by Gasteiger charge is -2.08. The number of rotatable bonds is 5. The van der Waals surface area contributed by atoms with Crippen molar-refractivity contribution in [2.75, 3.05) is 17.6 Å². The molecule has 2 aromatic carbocycles. The van der Waals surface area contributed by atoms with Gasteiger partial charge in [-0.1, -0.05) is 18.2 Å². The molecule has 3 nitrogen and oxygen atoms in total. The normalized spacial score (nSPS) is 10.2. The van der Waals surface area contributed by atoms with Crippen molar-refractivity contribution in [1.82, 2.24) is 5.32 Å². The van der Waals surface area contributed by atoms with Crippen LogP contribution in [0.25, 0.3) is 0 Å². The molecule has 0 saturated heterocycles. The van der Waals surface area contributed by atoms with Crippen molar-refractivity contribution in [2.24, 2.45) is 0 Å². The Morgan fingerprint density at radius 2 is 1.86 bits per heavy atom. The highest BCUT2D eigenvalue weighted by Crippen LogP contribution is 2.16. The predicted molar refractivity (Wildman–Crippen MR) is 80.5 cm³/mol. The van der Waals surface area contributed by atoms with Crippen LogP contribution in [0.1, 0.15) is 0 Å². The fraction of sp³-hybridized carbons (Fsp3) is 0.133. The minimum Gasteiger partial charge on any atom is -0.337 e. The first-order valence-corrected chi connectivity index (χ1v) is 7.31. The zero-order chi connectivity index (χ0) is 15.1. The summed E-state index contributed by atoms with van der Waals surface area (Å²) in [6, 6.07) is 12.1. The highest BCUT2D eigenvalue weighted by Gasteiger charge is 2.07. The van der Waals surface area contributed by atoms with Gasteiger partial charge in [-0.2, -0.15) is 0 Å². The van der Waals surface area contributed by atoms with Crippen LogP contribution in [0.15, 0.2) is 53.4 Å². The molecular weight excluding hydrogens is 294 g/mol. The number of urea groups is 1. The molecule has 0 aliphatic rings. The Kier molecular flexibility index (Phi) is 5.57. The molecule has 0 aliphatic carbocycles.